The van der Waals surface area contributed by atoms with Crippen molar-refractivity contribution in [1.82, 2.24) is 0 Å². The van der Waals surface area contributed by atoms with Crippen LogP contribution in [0, 0.1) is 0 Å². The van der Waals surface area contributed by atoms with Crippen molar-refractivity contribution < 1.29 is 5.01 Å². The first-order valence-corrected chi connectivity index (χ1v) is 4.89. The number of hydrogen-bond acceptors (Lipinski definition) is 1. The van der Waals surface area contributed by atoms with E-state index in [4.69, 9.17) is 0 Å². The third-order valence-corrected chi connectivity index (χ3v) is 2.47. The smallest absolute Gasteiger partial charge is 0.106 e. The zero-order chi connectivity index (χ0) is 9.68. The monoisotopic (exact) mass is 179 g/mol. The fraction of sp³-hybridized carbons (Fsp3) is 0.455. The largest absolute Gasteiger partial charge is 0.238 e. The molecule has 0 amide bonds. The summed E-state index contributed by atoms with van der Waals surface area (Å²) < 4.78 is 0. The lowest BCUT2D eigenvalue weighted by atomic mass is 10.2. The van der Waals surface area contributed by atoms with Gasteiger partial charge in [0.25, 0.3) is 0 Å². The molecule has 0 spiro atoms. The fourth-order valence-corrected chi connectivity index (χ4v) is 1.18. The summed E-state index contributed by atoms with van der Waals surface area (Å²) in [4.78, 5) is 0. The van der Waals surface area contributed by atoms with Gasteiger partial charge in [-0.25, -0.2) is 10.4 Å². The Balaban J connectivity index is 2.50. The van der Waals surface area contributed by atoms with Gasteiger partial charge < -0.3 is 0 Å². The SMILES string of the molecule is CCC(C)[NH+](C)Nc1ccccc1. The van der Waals surface area contributed by atoms with E-state index in [-0.39, 0.29) is 0 Å². The second kappa shape index (κ2) is 4.87. The minimum atomic E-state index is 0.639. The first kappa shape index (κ1) is 10.1. The Hall–Kier alpha value is -1.02. The Labute approximate surface area is 80.5 Å². The fourth-order valence-electron chi connectivity index (χ4n) is 1.18. The summed E-state index contributed by atoms with van der Waals surface area (Å²) in [6, 6.07) is 10.9. The van der Waals surface area contributed by atoms with Crippen LogP contribution in [0.1, 0.15) is 20.3 Å². The molecule has 2 unspecified atom stereocenters. The summed E-state index contributed by atoms with van der Waals surface area (Å²) in [5.41, 5.74) is 4.59. The van der Waals surface area contributed by atoms with Gasteiger partial charge in [-0.1, -0.05) is 25.1 Å². The minimum absolute atomic E-state index is 0.639. The molecule has 0 heterocycles. The molecule has 0 saturated heterocycles. The minimum Gasteiger partial charge on any atom is -0.238 e. The highest BCUT2D eigenvalue weighted by Crippen LogP contribution is 2.01. The molecule has 0 aliphatic carbocycles. The predicted molar refractivity (Wildman–Crippen MR) is 56.7 cm³/mol. The van der Waals surface area contributed by atoms with E-state index >= 15 is 0 Å². The van der Waals surface area contributed by atoms with Crippen LogP contribution in [0.25, 0.3) is 0 Å². The number of anilines is 1. The number of benzene rings is 1. The number of para-hydroxylation sites is 1. The highest BCUT2D eigenvalue weighted by atomic mass is 15.5. The molecular formula is C11H19N2+. The Morgan fingerprint density at radius 3 is 2.46 bits per heavy atom. The predicted octanol–water partition coefficient (Wildman–Crippen LogP) is 1.33. The Morgan fingerprint density at radius 1 is 1.31 bits per heavy atom. The third kappa shape index (κ3) is 3.07. The van der Waals surface area contributed by atoms with Crippen LogP contribution in [0.3, 0.4) is 0 Å². The molecule has 1 aromatic carbocycles. The molecular weight excluding hydrogens is 160 g/mol. The van der Waals surface area contributed by atoms with E-state index in [1.165, 1.54) is 17.1 Å². The lowest BCUT2D eigenvalue weighted by Gasteiger charge is -2.21. The first-order chi connectivity index (χ1) is 6.24. The van der Waals surface area contributed by atoms with Gasteiger partial charge in [-0.2, -0.15) is 0 Å². The quantitative estimate of drug-likeness (QED) is 0.667. The molecule has 2 N–H and O–H groups in total. The maximum absolute atomic E-state index is 3.41. The number of nitrogens with one attached hydrogen (secondary N) is 2. The van der Waals surface area contributed by atoms with Crippen LogP contribution in [0.15, 0.2) is 30.3 Å². The number of quaternary nitrogens is 1. The van der Waals surface area contributed by atoms with Crippen molar-refractivity contribution in [2.45, 2.75) is 26.3 Å². The lowest BCUT2D eigenvalue weighted by Crippen LogP contribution is -3.15. The van der Waals surface area contributed by atoms with Gasteiger partial charge >= 0.3 is 0 Å². The second-order valence-corrected chi connectivity index (χ2v) is 3.48. The van der Waals surface area contributed by atoms with Crippen LogP contribution in [-0.2, 0) is 0 Å². The van der Waals surface area contributed by atoms with Gasteiger partial charge in [-0.3, -0.25) is 0 Å². The van der Waals surface area contributed by atoms with E-state index in [9.17, 15) is 0 Å². The molecule has 0 aliphatic rings. The topological polar surface area (TPSA) is 16.5 Å². The molecule has 0 saturated carbocycles. The van der Waals surface area contributed by atoms with Crippen LogP contribution in [0.5, 0.6) is 0 Å². The first-order valence-electron chi connectivity index (χ1n) is 4.89. The zero-order valence-corrected chi connectivity index (χ0v) is 8.67. The molecule has 72 valence electrons. The highest BCUT2D eigenvalue weighted by molar-refractivity contribution is 5.39. The van der Waals surface area contributed by atoms with E-state index in [2.05, 4.69) is 38.5 Å². The van der Waals surface area contributed by atoms with Crippen LogP contribution in [0.2, 0.25) is 0 Å². The van der Waals surface area contributed by atoms with Gasteiger partial charge in [-0.05, 0) is 25.5 Å². The van der Waals surface area contributed by atoms with Crippen molar-refractivity contribution in [3.8, 4) is 0 Å². The van der Waals surface area contributed by atoms with Gasteiger partial charge in [0.05, 0.1) is 12.7 Å². The average molecular weight is 179 g/mol. The zero-order valence-electron chi connectivity index (χ0n) is 8.67. The van der Waals surface area contributed by atoms with Gasteiger partial charge in [-0.15, -0.1) is 0 Å². The van der Waals surface area contributed by atoms with Crippen molar-refractivity contribution in [2.75, 3.05) is 12.5 Å². The molecule has 2 heteroatoms. The van der Waals surface area contributed by atoms with E-state index in [0.717, 1.165) is 0 Å². The summed E-state index contributed by atoms with van der Waals surface area (Å²) in [6.45, 7) is 4.45. The molecule has 0 fully saturated rings. The van der Waals surface area contributed by atoms with Crippen molar-refractivity contribution >= 4 is 5.69 Å². The van der Waals surface area contributed by atoms with E-state index in [1.807, 2.05) is 18.2 Å². The molecule has 0 aliphatic heterocycles. The third-order valence-electron chi connectivity index (χ3n) is 2.47. The molecule has 1 aromatic rings. The molecule has 1 rings (SSSR count). The maximum atomic E-state index is 3.41. The molecule has 0 aromatic heterocycles. The molecule has 0 bridgehead atoms. The summed E-state index contributed by atoms with van der Waals surface area (Å²) in [7, 11) is 2.15. The Morgan fingerprint density at radius 2 is 1.92 bits per heavy atom. The van der Waals surface area contributed by atoms with Gasteiger partial charge in [0.15, 0.2) is 0 Å². The van der Waals surface area contributed by atoms with Gasteiger partial charge in [0.1, 0.15) is 6.04 Å². The summed E-state index contributed by atoms with van der Waals surface area (Å²) >= 11 is 0. The summed E-state index contributed by atoms with van der Waals surface area (Å²) in [5.74, 6) is 0. The van der Waals surface area contributed by atoms with E-state index in [0.29, 0.717) is 6.04 Å². The van der Waals surface area contributed by atoms with Gasteiger partial charge in [0.2, 0.25) is 0 Å². The van der Waals surface area contributed by atoms with Crippen molar-refractivity contribution in [3.05, 3.63) is 30.3 Å². The molecule has 13 heavy (non-hydrogen) atoms. The van der Waals surface area contributed by atoms with Crippen molar-refractivity contribution in [1.29, 1.82) is 0 Å². The number of hydrogen-bond donors (Lipinski definition) is 2. The Kier molecular flexibility index (Phi) is 3.77. The molecule has 2 nitrogen and oxygen atoms in total. The highest BCUT2D eigenvalue weighted by Gasteiger charge is 2.09. The Bertz CT molecular complexity index is 233. The maximum Gasteiger partial charge on any atom is 0.106 e. The second-order valence-electron chi connectivity index (χ2n) is 3.48. The van der Waals surface area contributed by atoms with E-state index in [1.54, 1.807) is 0 Å². The number of rotatable bonds is 4. The van der Waals surface area contributed by atoms with Crippen LogP contribution >= 0.6 is 0 Å². The summed E-state index contributed by atoms with van der Waals surface area (Å²) in [6.07, 6.45) is 1.19. The molecule has 0 radical (unpaired) electrons. The van der Waals surface area contributed by atoms with Crippen molar-refractivity contribution in [3.63, 3.8) is 0 Å². The summed E-state index contributed by atoms with van der Waals surface area (Å²) in [5, 5.41) is 1.34. The van der Waals surface area contributed by atoms with Crippen molar-refractivity contribution in [2.24, 2.45) is 0 Å². The average Bonchev–Trinajstić information content (AvgIpc) is 2.18. The van der Waals surface area contributed by atoms with Crippen LogP contribution in [0.4, 0.5) is 5.69 Å². The normalized spacial score (nSPS) is 15.0. The molecule has 2 atom stereocenters. The standard InChI is InChI=1S/C11H18N2/c1-4-10(2)13(3)12-11-8-6-5-7-9-11/h5-10,12H,4H2,1-3H3/p+1. The van der Waals surface area contributed by atoms with Crippen LogP contribution in [-0.4, -0.2) is 13.1 Å². The lowest BCUT2D eigenvalue weighted by molar-refractivity contribution is -0.881. The van der Waals surface area contributed by atoms with E-state index < -0.39 is 0 Å². The van der Waals surface area contributed by atoms with Gasteiger partial charge in [0, 0.05) is 0 Å². The van der Waals surface area contributed by atoms with Crippen LogP contribution < -0.4 is 10.4 Å².